The van der Waals surface area contributed by atoms with Gasteiger partial charge in [-0.05, 0) is 13.0 Å². The van der Waals surface area contributed by atoms with Crippen LogP contribution in [0.5, 0.6) is 0 Å². The summed E-state index contributed by atoms with van der Waals surface area (Å²) in [5, 5.41) is 2.44. The number of carbonyl (C=O) groups excluding carboxylic acids is 2. The second-order valence-corrected chi connectivity index (χ2v) is 3.52. The van der Waals surface area contributed by atoms with Gasteiger partial charge in [-0.1, -0.05) is 6.07 Å². The Morgan fingerprint density at radius 2 is 2.12 bits per heavy atom. The average molecular weight is 237 g/mol. The first kappa shape index (κ1) is 13.0. The molecule has 0 aliphatic rings. The largest absolute Gasteiger partial charge is 0.345 e. The summed E-state index contributed by atoms with van der Waals surface area (Å²) in [4.78, 5) is 37.8. The van der Waals surface area contributed by atoms with Crippen molar-refractivity contribution in [1.29, 1.82) is 0 Å². The maximum Gasteiger partial charge on any atom is 0.268 e. The third-order valence-electron chi connectivity index (χ3n) is 2.31. The molecule has 0 spiro atoms. The van der Waals surface area contributed by atoms with Crippen molar-refractivity contribution >= 4 is 11.8 Å². The van der Waals surface area contributed by atoms with Crippen LogP contribution < -0.4 is 10.9 Å². The van der Waals surface area contributed by atoms with E-state index in [4.69, 9.17) is 0 Å². The van der Waals surface area contributed by atoms with E-state index in [0.717, 1.165) is 0 Å². The van der Waals surface area contributed by atoms with Gasteiger partial charge in [0.05, 0.1) is 6.54 Å². The molecule has 0 saturated carbocycles. The number of pyridine rings is 1. The van der Waals surface area contributed by atoms with E-state index < -0.39 is 5.91 Å². The third kappa shape index (κ3) is 3.75. The molecule has 0 radical (unpaired) electrons. The molecule has 1 aromatic rings. The molecule has 2 amide bonds. The van der Waals surface area contributed by atoms with Crippen molar-refractivity contribution in [1.82, 2.24) is 15.2 Å². The predicted octanol–water partition coefficient (Wildman–Crippen LogP) is -0.417. The Bertz CT molecular complexity index is 467. The van der Waals surface area contributed by atoms with Crippen LogP contribution in [0.2, 0.25) is 0 Å². The van der Waals surface area contributed by atoms with Crippen molar-refractivity contribution in [3.63, 3.8) is 0 Å². The zero-order chi connectivity index (χ0) is 12.8. The number of carbonyl (C=O) groups is 2. The molecule has 0 bridgehead atoms. The number of nitrogens with one attached hydrogen (secondary N) is 2. The fraction of sp³-hybridized carbons (Fsp3) is 0.364. The van der Waals surface area contributed by atoms with Gasteiger partial charge in [0.25, 0.3) is 5.91 Å². The summed E-state index contributed by atoms with van der Waals surface area (Å²) in [7, 11) is 1.65. The summed E-state index contributed by atoms with van der Waals surface area (Å²) in [5.74, 6) is -0.653. The first-order chi connectivity index (χ1) is 8.04. The standard InChI is InChI=1S/C11H15N3O3/c1-3-14(2)10(16)7-12-11(17)8-5-4-6-9(15)13-8/h4-6H,3,7H2,1-2H3,(H,12,17)(H,13,15). The minimum absolute atomic E-state index is 0.0832. The lowest BCUT2D eigenvalue weighted by molar-refractivity contribution is -0.128. The van der Waals surface area contributed by atoms with Crippen LogP contribution >= 0.6 is 0 Å². The maximum atomic E-state index is 11.6. The molecule has 0 atom stereocenters. The number of hydrogen-bond donors (Lipinski definition) is 2. The van der Waals surface area contributed by atoms with Crippen LogP contribution in [0.3, 0.4) is 0 Å². The van der Waals surface area contributed by atoms with E-state index in [0.29, 0.717) is 6.54 Å². The number of nitrogens with zero attached hydrogens (tertiary/aromatic N) is 1. The number of rotatable bonds is 4. The van der Waals surface area contributed by atoms with Crippen LogP contribution in [0.4, 0.5) is 0 Å². The number of aromatic amines is 1. The van der Waals surface area contributed by atoms with Gasteiger partial charge < -0.3 is 15.2 Å². The summed E-state index contributed by atoms with van der Waals surface area (Å²) in [6.45, 7) is 2.34. The highest BCUT2D eigenvalue weighted by molar-refractivity contribution is 5.94. The van der Waals surface area contributed by atoms with Crippen LogP contribution in [0, 0.1) is 0 Å². The lowest BCUT2D eigenvalue weighted by Crippen LogP contribution is -2.38. The second kappa shape index (κ2) is 5.83. The molecule has 6 heteroatoms. The number of hydrogen-bond acceptors (Lipinski definition) is 3. The van der Waals surface area contributed by atoms with Crippen molar-refractivity contribution < 1.29 is 9.59 Å². The van der Waals surface area contributed by atoms with E-state index in [1.54, 1.807) is 7.05 Å². The second-order valence-electron chi connectivity index (χ2n) is 3.52. The predicted molar refractivity (Wildman–Crippen MR) is 62.7 cm³/mol. The minimum atomic E-state index is -0.472. The van der Waals surface area contributed by atoms with Crippen LogP contribution in [0.1, 0.15) is 17.4 Å². The molecule has 1 aromatic heterocycles. The highest BCUT2D eigenvalue weighted by Crippen LogP contribution is 1.90. The monoisotopic (exact) mass is 237 g/mol. The Labute approximate surface area is 98.6 Å². The molecule has 17 heavy (non-hydrogen) atoms. The van der Waals surface area contributed by atoms with Crippen LogP contribution in [0.15, 0.2) is 23.0 Å². The van der Waals surface area contributed by atoms with E-state index in [1.807, 2.05) is 6.92 Å². The molecular formula is C11H15N3O3. The SMILES string of the molecule is CCN(C)C(=O)CNC(=O)c1cccc(=O)[nH]1. The average Bonchev–Trinajstić information content (AvgIpc) is 2.34. The Kier molecular flexibility index (Phi) is 4.45. The van der Waals surface area contributed by atoms with E-state index in [1.165, 1.54) is 23.1 Å². The number of H-pyrrole nitrogens is 1. The van der Waals surface area contributed by atoms with Gasteiger partial charge in [-0.15, -0.1) is 0 Å². The topological polar surface area (TPSA) is 82.3 Å². The van der Waals surface area contributed by atoms with Crippen LogP contribution in [-0.4, -0.2) is 41.8 Å². The van der Waals surface area contributed by atoms with Crippen molar-refractivity contribution in [3.05, 3.63) is 34.2 Å². The summed E-state index contributed by atoms with van der Waals surface area (Å²) in [6, 6.07) is 4.27. The van der Waals surface area contributed by atoms with Gasteiger partial charge >= 0.3 is 0 Å². The highest BCUT2D eigenvalue weighted by Gasteiger charge is 2.10. The van der Waals surface area contributed by atoms with Crippen LogP contribution in [0.25, 0.3) is 0 Å². The lowest BCUT2D eigenvalue weighted by Gasteiger charge is -2.14. The zero-order valence-corrected chi connectivity index (χ0v) is 9.82. The van der Waals surface area contributed by atoms with Gasteiger partial charge in [-0.3, -0.25) is 14.4 Å². The summed E-state index contributed by atoms with van der Waals surface area (Å²) >= 11 is 0. The molecule has 2 N–H and O–H groups in total. The van der Waals surface area contributed by atoms with Gasteiger partial charge in [-0.25, -0.2) is 0 Å². The molecular weight excluding hydrogens is 222 g/mol. The van der Waals surface area contributed by atoms with Crippen molar-refractivity contribution in [3.8, 4) is 0 Å². The van der Waals surface area contributed by atoms with Crippen molar-refractivity contribution in [2.75, 3.05) is 20.1 Å². The fourth-order valence-electron chi connectivity index (χ4n) is 1.14. The van der Waals surface area contributed by atoms with Gasteiger partial charge in [0.1, 0.15) is 5.69 Å². The Morgan fingerprint density at radius 1 is 1.41 bits per heavy atom. The molecule has 0 saturated heterocycles. The summed E-state index contributed by atoms with van der Waals surface area (Å²) < 4.78 is 0. The molecule has 0 aliphatic carbocycles. The lowest BCUT2D eigenvalue weighted by atomic mass is 10.3. The summed E-state index contributed by atoms with van der Waals surface area (Å²) in [6.07, 6.45) is 0. The first-order valence-electron chi connectivity index (χ1n) is 5.26. The Hall–Kier alpha value is -2.11. The van der Waals surface area contributed by atoms with E-state index in [-0.39, 0.29) is 23.7 Å². The highest BCUT2D eigenvalue weighted by atomic mass is 16.2. The van der Waals surface area contributed by atoms with Gasteiger partial charge in [0.15, 0.2) is 0 Å². The molecule has 0 aliphatic heterocycles. The summed E-state index contributed by atoms with van der Waals surface area (Å²) in [5.41, 5.74) is -0.209. The maximum absolute atomic E-state index is 11.6. The Balaban J connectivity index is 2.56. The van der Waals surface area contributed by atoms with Gasteiger partial charge in [0, 0.05) is 19.7 Å². The normalized spacial score (nSPS) is 9.76. The molecule has 0 fully saturated rings. The minimum Gasteiger partial charge on any atom is -0.345 e. The third-order valence-corrected chi connectivity index (χ3v) is 2.31. The number of amides is 2. The zero-order valence-electron chi connectivity index (χ0n) is 9.82. The number of aromatic nitrogens is 1. The van der Waals surface area contributed by atoms with Gasteiger partial charge in [-0.2, -0.15) is 0 Å². The van der Waals surface area contributed by atoms with Crippen molar-refractivity contribution in [2.24, 2.45) is 0 Å². The number of likely N-dealkylation sites (N-methyl/N-ethyl adjacent to an activating group) is 1. The van der Waals surface area contributed by atoms with Gasteiger partial charge in [0.2, 0.25) is 11.5 Å². The molecule has 0 aromatic carbocycles. The first-order valence-corrected chi connectivity index (χ1v) is 5.26. The molecule has 1 heterocycles. The van der Waals surface area contributed by atoms with Crippen molar-refractivity contribution in [2.45, 2.75) is 6.92 Å². The molecule has 6 nitrogen and oxygen atoms in total. The smallest absolute Gasteiger partial charge is 0.268 e. The quantitative estimate of drug-likeness (QED) is 0.746. The Morgan fingerprint density at radius 3 is 2.71 bits per heavy atom. The van der Waals surface area contributed by atoms with E-state index in [9.17, 15) is 14.4 Å². The molecule has 0 unspecified atom stereocenters. The van der Waals surface area contributed by atoms with E-state index >= 15 is 0 Å². The van der Waals surface area contributed by atoms with Crippen LogP contribution in [-0.2, 0) is 4.79 Å². The van der Waals surface area contributed by atoms with E-state index in [2.05, 4.69) is 10.3 Å². The fourth-order valence-corrected chi connectivity index (χ4v) is 1.14. The molecule has 1 rings (SSSR count). The molecule has 92 valence electrons.